The molecule has 0 aliphatic heterocycles. The van der Waals surface area contributed by atoms with Gasteiger partial charge in [-0.25, -0.2) is 8.78 Å². The lowest BCUT2D eigenvalue weighted by Gasteiger charge is -2.16. The van der Waals surface area contributed by atoms with E-state index in [9.17, 15) is 8.78 Å². The van der Waals surface area contributed by atoms with Gasteiger partial charge in [0.1, 0.15) is 11.6 Å². The molecule has 0 spiro atoms. The van der Waals surface area contributed by atoms with Gasteiger partial charge in [-0.2, -0.15) is 0 Å². The molecule has 0 heterocycles. The van der Waals surface area contributed by atoms with E-state index in [2.05, 4.69) is 21.2 Å². The van der Waals surface area contributed by atoms with Crippen molar-refractivity contribution in [3.63, 3.8) is 0 Å². The summed E-state index contributed by atoms with van der Waals surface area (Å²) in [4.78, 5) is 0. The van der Waals surface area contributed by atoms with Crippen LogP contribution in [-0.4, -0.2) is 13.1 Å². The Hall–Kier alpha value is -0.480. The highest BCUT2D eigenvalue weighted by atomic mass is 79.9. The Balaban J connectivity index is 2.81. The molecule has 0 amide bonds. The van der Waals surface area contributed by atoms with Crippen LogP contribution in [0.4, 0.5) is 8.78 Å². The number of halogens is 3. The lowest BCUT2D eigenvalue weighted by Crippen LogP contribution is -2.24. The van der Waals surface area contributed by atoms with Crippen molar-refractivity contribution >= 4 is 15.9 Å². The van der Waals surface area contributed by atoms with Crippen molar-refractivity contribution in [2.75, 3.05) is 13.1 Å². The van der Waals surface area contributed by atoms with E-state index in [1.54, 1.807) is 0 Å². The second-order valence-corrected chi connectivity index (χ2v) is 4.96. The molecular formula is C13H18BrF2N. The zero-order valence-electron chi connectivity index (χ0n) is 10.2. The van der Waals surface area contributed by atoms with E-state index in [1.165, 1.54) is 12.1 Å². The van der Waals surface area contributed by atoms with E-state index in [0.717, 1.165) is 19.5 Å². The first-order chi connectivity index (χ1) is 8.10. The second kappa shape index (κ2) is 7.07. The molecule has 1 nitrogen and oxygen atoms in total. The first kappa shape index (κ1) is 14.6. The second-order valence-electron chi connectivity index (χ2n) is 4.11. The van der Waals surface area contributed by atoms with Gasteiger partial charge in [0.25, 0.3) is 0 Å². The molecule has 1 rings (SSSR count). The van der Waals surface area contributed by atoms with Gasteiger partial charge in [-0.05, 0) is 53.5 Å². The lowest BCUT2D eigenvalue weighted by molar-refractivity contribution is 0.443. The van der Waals surface area contributed by atoms with E-state index in [0.29, 0.717) is 10.9 Å². The van der Waals surface area contributed by atoms with Crippen molar-refractivity contribution < 1.29 is 8.78 Å². The summed E-state index contributed by atoms with van der Waals surface area (Å²) in [6, 6.07) is 2.71. The van der Waals surface area contributed by atoms with Gasteiger partial charge in [0, 0.05) is 5.56 Å². The zero-order chi connectivity index (χ0) is 12.8. The van der Waals surface area contributed by atoms with Crippen LogP contribution in [0.1, 0.15) is 25.8 Å². The minimum absolute atomic E-state index is 0.184. The standard InChI is InChI=1S/C13H18BrF2N/c1-3-9(8-17-4-2)7-10-12(15)6-5-11(14)13(10)16/h5-6,9,17H,3-4,7-8H2,1-2H3. The number of nitrogens with one attached hydrogen (secondary N) is 1. The summed E-state index contributed by atoms with van der Waals surface area (Å²) in [5.74, 6) is -0.672. The molecule has 1 N–H and O–H groups in total. The molecule has 0 aliphatic rings. The molecule has 0 bridgehead atoms. The fourth-order valence-corrected chi connectivity index (χ4v) is 2.13. The maximum Gasteiger partial charge on any atom is 0.143 e. The molecule has 0 radical (unpaired) electrons. The van der Waals surface area contributed by atoms with Gasteiger partial charge in [0.2, 0.25) is 0 Å². The fraction of sp³-hybridized carbons (Fsp3) is 0.538. The number of hydrogen-bond acceptors (Lipinski definition) is 1. The minimum atomic E-state index is -0.472. The summed E-state index contributed by atoms with van der Waals surface area (Å²) in [7, 11) is 0. The number of rotatable bonds is 6. The smallest absolute Gasteiger partial charge is 0.143 e. The Morgan fingerprint density at radius 3 is 2.59 bits per heavy atom. The normalized spacial score (nSPS) is 12.8. The van der Waals surface area contributed by atoms with Crippen LogP contribution in [0.5, 0.6) is 0 Å². The summed E-state index contributed by atoms with van der Waals surface area (Å²) in [6.45, 7) is 5.72. The van der Waals surface area contributed by atoms with Gasteiger partial charge in [-0.15, -0.1) is 0 Å². The first-order valence-corrected chi connectivity index (χ1v) is 6.72. The molecule has 0 aliphatic carbocycles. The fourth-order valence-electron chi connectivity index (χ4n) is 1.75. The molecule has 0 saturated carbocycles. The Bertz CT molecular complexity index is 369. The Labute approximate surface area is 110 Å². The molecule has 1 unspecified atom stereocenters. The van der Waals surface area contributed by atoms with Gasteiger partial charge < -0.3 is 5.32 Å². The molecule has 4 heteroatoms. The van der Waals surface area contributed by atoms with Gasteiger partial charge in [0.05, 0.1) is 4.47 Å². The van der Waals surface area contributed by atoms with Gasteiger partial charge in [0.15, 0.2) is 0 Å². The van der Waals surface area contributed by atoms with Crippen LogP contribution in [-0.2, 0) is 6.42 Å². The van der Waals surface area contributed by atoms with E-state index < -0.39 is 11.6 Å². The molecule has 1 atom stereocenters. The van der Waals surface area contributed by atoms with E-state index in [1.807, 2.05) is 13.8 Å². The molecule has 1 aromatic carbocycles. The highest BCUT2D eigenvalue weighted by molar-refractivity contribution is 9.10. The average Bonchev–Trinajstić information content (AvgIpc) is 2.33. The number of benzene rings is 1. The van der Waals surface area contributed by atoms with Crippen molar-refractivity contribution in [3.05, 3.63) is 33.8 Å². The van der Waals surface area contributed by atoms with E-state index in [-0.39, 0.29) is 11.5 Å². The topological polar surface area (TPSA) is 12.0 Å². The van der Waals surface area contributed by atoms with Crippen molar-refractivity contribution in [2.24, 2.45) is 5.92 Å². The minimum Gasteiger partial charge on any atom is -0.317 e. The van der Waals surface area contributed by atoms with Crippen LogP contribution in [0, 0.1) is 17.6 Å². The Morgan fingerprint density at radius 2 is 2.00 bits per heavy atom. The highest BCUT2D eigenvalue weighted by Crippen LogP contribution is 2.24. The van der Waals surface area contributed by atoms with Gasteiger partial charge in [-0.1, -0.05) is 20.3 Å². The molecule has 17 heavy (non-hydrogen) atoms. The molecule has 0 aromatic heterocycles. The summed E-state index contributed by atoms with van der Waals surface area (Å²) >= 11 is 3.09. The van der Waals surface area contributed by atoms with Gasteiger partial charge >= 0.3 is 0 Å². The summed E-state index contributed by atoms with van der Waals surface area (Å²) in [5, 5.41) is 3.22. The highest BCUT2D eigenvalue weighted by Gasteiger charge is 2.16. The quantitative estimate of drug-likeness (QED) is 0.786. The van der Waals surface area contributed by atoms with Crippen molar-refractivity contribution in [2.45, 2.75) is 26.7 Å². The van der Waals surface area contributed by atoms with Crippen LogP contribution >= 0.6 is 15.9 Å². The molecular weight excluding hydrogens is 288 g/mol. The zero-order valence-corrected chi connectivity index (χ0v) is 11.8. The molecule has 0 fully saturated rings. The van der Waals surface area contributed by atoms with Crippen molar-refractivity contribution in [1.82, 2.24) is 5.32 Å². The average molecular weight is 306 g/mol. The first-order valence-electron chi connectivity index (χ1n) is 5.93. The Kier molecular flexibility index (Phi) is 6.06. The summed E-state index contributed by atoms with van der Waals surface area (Å²) < 4.78 is 27.7. The van der Waals surface area contributed by atoms with E-state index in [4.69, 9.17) is 0 Å². The third-order valence-electron chi connectivity index (χ3n) is 2.89. The van der Waals surface area contributed by atoms with Gasteiger partial charge in [-0.3, -0.25) is 0 Å². The van der Waals surface area contributed by atoms with Crippen LogP contribution in [0.2, 0.25) is 0 Å². The van der Waals surface area contributed by atoms with Crippen LogP contribution in [0.25, 0.3) is 0 Å². The summed E-state index contributed by atoms with van der Waals surface area (Å²) in [5.41, 5.74) is 0.184. The third kappa shape index (κ3) is 4.03. The van der Waals surface area contributed by atoms with E-state index >= 15 is 0 Å². The largest absolute Gasteiger partial charge is 0.317 e. The lowest BCUT2D eigenvalue weighted by atomic mass is 9.96. The molecule has 96 valence electrons. The van der Waals surface area contributed by atoms with Crippen LogP contribution in [0.15, 0.2) is 16.6 Å². The Morgan fingerprint density at radius 1 is 1.29 bits per heavy atom. The predicted molar refractivity (Wildman–Crippen MR) is 70.1 cm³/mol. The molecule has 0 saturated heterocycles. The monoisotopic (exact) mass is 305 g/mol. The predicted octanol–water partition coefficient (Wildman–Crippen LogP) is 3.91. The molecule has 1 aromatic rings. The third-order valence-corrected chi connectivity index (χ3v) is 3.50. The van der Waals surface area contributed by atoms with Crippen molar-refractivity contribution in [1.29, 1.82) is 0 Å². The summed E-state index contributed by atoms with van der Waals surface area (Å²) in [6.07, 6.45) is 1.33. The van der Waals surface area contributed by atoms with Crippen LogP contribution in [0.3, 0.4) is 0 Å². The van der Waals surface area contributed by atoms with Crippen molar-refractivity contribution in [3.8, 4) is 0 Å². The maximum atomic E-state index is 13.8. The SMILES string of the molecule is CCNCC(CC)Cc1c(F)ccc(Br)c1F. The van der Waals surface area contributed by atoms with Crippen LogP contribution < -0.4 is 5.32 Å². The number of hydrogen-bond donors (Lipinski definition) is 1. The maximum absolute atomic E-state index is 13.8.